The molecule has 0 atom stereocenters. The van der Waals surface area contributed by atoms with Crippen molar-refractivity contribution in [2.24, 2.45) is 0 Å². The van der Waals surface area contributed by atoms with Crippen molar-refractivity contribution in [2.45, 2.75) is 27.7 Å². The molecule has 2 heteroatoms. The Bertz CT molecular complexity index is 639. The van der Waals surface area contributed by atoms with E-state index in [-0.39, 0.29) is 0 Å². The molecule has 2 heterocycles. The molecular weight excluding hydrogens is 216 g/mol. The van der Waals surface area contributed by atoms with Gasteiger partial charge >= 0.3 is 0 Å². The van der Waals surface area contributed by atoms with Gasteiger partial charge in [0.05, 0.1) is 4.70 Å². The SMILES string of the molecule is Cc1oc2c(ccc3c(C)c(C)sc32)c1C. The largest absolute Gasteiger partial charge is 0.460 e. The molecule has 0 saturated carbocycles. The summed E-state index contributed by atoms with van der Waals surface area (Å²) < 4.78 is 7.19. The molecule has 16 heavy (non-hydrogen) atoms. The van der Waals surface area contributed by atoms with Gasteiger partial charge in [0.15, 0.2) is 5.58 Å². The minimum atomic E-state index is 1.03. The van der Waals surface area contributed by atoms with Crippen molar-refractivity contribution >= 4 is 32.4 Å². The van der Waals surface area contributed by atoms with E-state index in [1.807, 2.05) is 18.3 Å². The van der Waals surface area contributed by atoms with E-state index in [2.05, 4.69) is 32.9 Å². The fraction of sp³-hybridized carbons (Fsp3) is 0.286. The second-order valence-electron chi connectivity index (χ2n) is 4.39. The third kappa shape index (κ3) is 1.11. The number of aryl methyl sites for hydroxylation is 4. The molecule has 0 unspecified atom stereocenters. The first kappa shape index (κ1) is 9.91. The Balaban J connectivity index is 2.59. The zero-order valence-corrected chi connectivity index (χ0v) is 10.8. The average molecular weight is 230 g/mol. The molecule has 3 rings (SSSR count). The van der Waals surface area contributed by atoms with Crippen LogP contribution in [0.4, 0.5) is 0 Å². The summed E-state index contributed by atoms with van der Waals surface area (Å²) in [6.07, 6.45) is 0. The zero-order valence-electron chi connectivity index (χ0n) is 9.97. The van der Waals surface area contributed by atoms with Gasteiger partial charge in [0.1, 0.15) is 5.76 Å². The van der Waals surface area contributed by atoms with Crippen LogP contribution in [0.1, 0.15) is 21.8 Å². The van der Waals surface area contributed by atoms with E-state index in [9.17, 15) is 0 Å². The van der Waals surface area contributed by atoms with Crippen molar-refractivity contribution in [1.29, 1.82) is 0 Å². The zero-order chi connectivity index (χ0) is 11.4. The first-order valence-electron chi connectivity index (χ1n) is 5.48. The van der Waals surface area contributed by atoms with Gasteiger partial charge in [-0.15, -0.1) is 11.3 Å². The summed E-state index contributed by atoms with van der Waals surface area (Å²) in [5.74, 6) is 1.03. The molecule has 0 saturated heterocycles. The van der Waals surface area contributed by atoms with Crippen molar-refractivity contribution in [3.63, 3.8) is 0 Å². The van der Waals surface area contributed by atoms with Crippen LogP contribution >= 0.6 is 11.3 Å². The van der Waals surface area contributed by atoms with Crippen LogP contribution in [0.3, 0.4) is 0 Å². The molecule has 1 nitrogen and oxygen atoms in total. The van der Waals surface area contributed by atoms with Crippen LogP contribution in [-0.2, 0) is 0 Å². The topological polar surface area (TPSA) is 13.1 Å². The molecule has 82 valence electrons. The van der Waals surface area contributed by atoms with Gasteiger partial charge in [-0.2, -0.15) is 0 Å². The van der Waals surface area contributed by atoms with Crippen LogP contribution in [0.15, 0.2) is 16.5 Å². The number of furan rings is 1. The van der Waals surface area contributed by atoms with Crippen LogP contribution in [0.2, 0.25) is 0 Å². The molecular formula is C14H14OS. The van der Waals surface area contributed by atoms with E-state index in [0.717, 1.165) is 11.3 Å². The van der Waals surface area contributed by atoms with E-state index < -0.39 is 0 Å². The molecule has 1 aromatic carbocycles. The summed E-state index contributed by atoms with van der Waals surface area (Å²) >= 11 is 1.84. The standard InChI is InChI=1S/C14H14OS/c1-7-9(3)15-13-11(7)5-6-12-8(2)10(4)16-14(12)13/h5-6H,1-4H3. The van der Waals surface area contributed by atoms with Gasteiger partial charge in [0.25, 0.3) is 0 Å². The Morgan fingerprint density at radius 2 is 1.62 bits per heavy atom. The molecule has 0 N–H and O–H groups in total. The maximum Gasteiger partial charge on any atom is 0.152 e. The molecule has 0 radical (unpaired) electrons. The number of thiophene rings is 1. The van der Waals surface area contributed by atoms with Gasteiger partial charge in [0.2, 0.25) is 0 Å². The van der Waals surface area contributed by atoms with Crippen LogP contribution < -0.4 is 0 Å². The van der Waals surface area contributed by atoms with Crippen LogP contribution in [0.25, 0.3) is 21.1 Å². The smallest absolute Gasteiger partial charge is 0.152 e. The molecule has 0 amide bonds. The summed E-state index contributed by atoms with van der Waals surface area (Å²) in [6.45, 7) is 8.52. The highest BCUT2D eigenvalue weighted by Gasteiger charge is 2.13. The Hall–Kier alpha value is -1.28. The first-order valence-corrected chi connectivity index (χ1v) is 6.29. The highest BCUT2D eigenvalue weighted by Crippen LogP contribution is 2.38. The highest BCUT2D eigenvalue weighted by molar-refractivity contribution is 7.20. The summed E-state index contributed by atoms with van der Waals surface area (Å²) in [4.78, 5) is 1.38. The molecule has 2 aromatic heterocycles. The Labute approximate surface area is 98.7 Å². The van der Waals surface area contributed by atoms with Crippen molar-refractivity contribution in [3.05, 3.63) is 33.9 Å². The average Bonchev–Trinajstić information content (AvgIpc) is 2.70. The monoisotopic (exact) mass is 230 g/mol. The number of rotatable bonds is 0. The summed E-state index contributed by atoms with van der Waals surface area (Å²) in [7, 11) is 0. The predicted octanol–water partition coefficient (Wildman–Crippen LogP) is 4.88. The summed E-state index contributed by atoms with van der Waals surface area (Å²) in [5, 5.41) is 2.59. The quantitative estimate of drug-likeness (QED) is 0.536. The molecule has 0 aliphatic carbocycles. The van der Waals surface area contributed by atoms with E-state index >= 15 is 0 Å². The van der Waals surface area contributed by atoms with E-state index in [0.29, 0.717) is 0 Å². The molecule has 0 aliphatic heterocycles. The highest BCUT2D eigenvalue weighted by atomic mass is 32.1. The number of benzene rings is 1. The fourth-order valence-electron chi connectivity index (χ4n) is 2.19. The molecule has 0 fully saturated rings. The van der Waals surface area contributed by atoms with Crippen LogP contribution in [0.5, 0.6) is 0 Å². The van der Waals surface area contributed by atoms with Crippen molar-refractivity contribution in [1.82, 2.24) is 0 Å². The maximum atomic E-state index is 5.89. The molecule has 0 bridgehead atoms. The molecule has 0 aliphatic rings. The van der Waals surface area contributed by atoms with Gasteiger partial charge in [0, 0.05) is 10.3 Å². The third-order valence-electron chi connectivity index (χ3n) is 3.49. The van der Waals surface area contributed by atoms with E-state index in [1.165, 1.54) is 31.5 Å². The van der Waals surface area contributed by atoms with Gasteiger partial charge in [-0.1, -0.05) is 12.1 Å². The lowest BCUT2D eigenvalue weighted by Gasteiger charge is -1.93. The predicted molar refractivity (Wildman–Crippen MR) is 70.5 cm³/mol. The van der Waals surface area contributed by atoms with Gasteiger partial charge in [-0.25, -0.2) is 0 Å². The molecule has 0 spiro atoms. The van der Waals surface area contributed by atoms with Crippen LogP contribution in [-0.4, -0.2) is 0 Å². The van der Waals surface area contributed by atoms with Crippen LogP contribution in [0, 0.1) is 27.7 Å². The number of fused-ring (bicyclic) bond motifs is 3. The normalized spacial score (nSPS) is 11.8. The van der Waals surface area contributed by atoms with Gasteiger partial charge < -0.3 is 4.42 Å². The van der Waals surface area contributed by atoms with Gasteiger partial charge in [-0.3, -0.25) is 0 Å². The minimum Gasteiger partial charge on any atom is -0.460 e. The minimum absolute atomic E-state index is 1.03. The second-order valence-corrected chi connectivity index (χ2v) is 5.61. The van der Waals surface area contributed by atoms with E-state index in [4.69, 9.17) is 4.42 Å². The summed E-state index contributed by atoms with van der Waals surface area (Å²) in [5.41, 5.74) is 3.71. The lowest BCUT2D eigenvalue weighted by Crippen LogP contribution is -1.72. The summed E-state index contributed by atoms with van der Waals surface area (Å²) in [6, 6.07) is 4.40. The Kier molecular flexibility index (Phi) is 1.93. The third-order valence-corrected chi connectivity index (χ3v) is 4.71. The number of hydrogen-bond donors (Lipinski definition) is 0. The number of hydrogen-bond acceptors (Lipinski definition) is 2. The Morgan fingerprint density at radius 1 is 0.938 bits per heavy atom. The first-order chi connectivity index (χ1) is 7.59. The maximum absolute atomic E-state index is 5.89. The fourth-order valence-corrected chi connectivity index (χ4v) is 3.34. The van der Waals surface area contributed by atoms with Gasteiger partial charge in [-0.05, 0) is 44.2 Å². The van der Waals surface area contributed by atoms with Crippen molar-refractivity contribution in [2.75, 3.05) is 0 Å². The van der Waals surface area contributed by atoms with Crippen molar-refractivity contribution < 1.29 is 4.42 Å². The van der Waals surface area contributed by atoms with E-state index in [1.54, 1.807) is 0 Å². The Morgan fingerprint density at radius 3 is 2.38 bits per heavy atom. The molecule has 3 aromatic rings. The lowest BCUT2D eigenvalue weighted by atomic mass is 10.1. The van der Waals surface area contributed by atoms with Crippen molar-refractivity contribution in [3.8, 4) is 0 Å². The second kappa shape index (κ2) is 3.11. The lowest BCUT2D eigenvalue weighted by molar-refractivity contribution is 0.578.